The fourth-order valence-electron chi connectivity index (χ4n) is 3.43. The van der Waals surface area contributed by atoms with Gasteiger partial charge < -0.3 is 15.0 Å². The van der Waals surface area contributed by atoms with Crippen LogP contribution in [0, 0.1) is 5.92 Å². The number of hydrogen-bond donors (Lipinski definition) is 2. The molecule has 0 aliphatic heterocycles. The van der Waals surface area contributed by atoms with E-state index in [9.17, 15) is 14.4 Å². The molecule has 7 nitrogen and oxygen atoms in total. The summed E-state index contributed by atoms with van der Waals surface area (Å²) in [7, 11) is 0. The SMILES string of the molecule is CCCNC(=O)[C@@H](C)OC(=O)CCc1nc2sc3c(c2c(=O)[nH]1)CC[C@@H](C)C3. The van der Waals surface area contributed by atoms with E-state index in [0.29, 0.717) is 23.7 Å². The van der Waals surface area contributed by atoms with Gasteiger partial charge in [0.15, 0.2) is 6.10 Å². The van der Waals surface area contributed by atoms with Gasteiger partial charge in [-0.05, 0) is 44.1 Å². The molecule has 2 atom stereocenters. The van der Waals surface area contributed by atoms with Gasteiger partial charge in [0.05, 0.1) is 11.8 Å². The zero-order valence-electron chi connectivity index (χ0n) is 16.6. The molecule has 3 rings (SSSR count). The molecule has 0 aromatic carbocycles. The van der Waals surface area contributed by atoms with Gasteiger partial charge in [-0.2, -0.15) is 0 Å². The largest absolute Gasteiger partial charge is 0.453 e. The first-order valence-electron chi connectivity index (χ1n) is 9.89. The van der Waals surface area contributed by atoms with Crippen molar-refractivity contribution in [1.82, 2.24) is 15.3 Å². The van der Waals surface area contributed by atoms with Crippen molar-refractivity contribution in [2.24, 2.45) is 5.92 Å². The van der Waals surface area contributed by atoms with Crippen LogP contribution < -0.4 is 10.9 Å². The summed E-state index contributed by atoms with van der Waals surface area (Å²) in [5, 5.41) is 3.40. The maximum absolute atomic E-state index is 12.6. The average molecular weight is 406 g/mol. The molecular weight excluding hydrogens is 378 g/mol. The minimum absolute atomic E-state index is 0.0575. The minimum Gasteiger partial charge on any atom is -0.453 e. The summed E-state index contributed by atoms with van der Waals surface area (Å²) in [4.78, 5) is 45.8. The van der Waals surface area contributed by atoms with E-state index in [4.69, 9.17) is 4.74 Å². The summed E-state index contributed by atoms with van der Waals surface area (Å²) in [5.74, 6) is 0.317. The second kappa shape index (κ2) is 8.86. The molecule has 0 radical (unpaired) electrons. The number of nitrogens with one attached hydrogen (secondary N) is 2. The van der Waals surface area contributed by atoms with Crippen molar-refractivity contribution in [3.05, 3.63) is 26.6 Å². The molecule has 0 spiro atoms. The Labute approximate surface area is 167 Å². The number of ether oxygens (including phenoxy) is 1. The Morgan fingerprint density at radius 3 is 2.96 bits per heavy atom. The van der Waals surface area contributed by atoms with Gasteiger partial charge in [0.25, 0.3) is 11.5 Å². The number of hydrogen-bond acceptors (Lipinski definition) is 6. The third-order valence-corrected chi connectivity index (χ3v) is 6.16. The maximum Gasteiger partial charge on any atom is 0.307 e. The number of aromatic amines is 1. The van der Waals surface area contributed by atoms with Crippen molar-refractivity contribution in [1.29, 1.82) is 0 Å². The summed E-state index contributed by atoms with van der Waals surface area (Å²) in [5.41, 5.74) is 1.01. The van der Waals surface area contributed by atoms with Crippen LogP contribution in [-0.2, 0) is 33.6 Å². The molecule has 28 heavy (non-hydrogen) atoms. The highest BCUT2D eigenvalue weighted by Gasteiger charge is 2.23. The number of esters is 1. The monoisotopic (exact) mass is 405 g/mol. The summed E-state index contributed by atoms with van der Waals surface area (Å²) >= 11 is 1.59. The molecule has 2 N–H and O–H groups in total. The van der Waals surface area contributed by atoms with Crippen LogP contribution in [0.1, 0.15) is 56.3 Å². The smallest absolute Gasteiger partial charge is 0.307 e. The number of H-pyrrole nitrogens is 1. The maximum atomic E-state index is 12.6. The van der Waals surface area contributed by atoms with E-state index in [1.165, 1.54) is 4.88 Å². The molecule has 2 heterocycles. The highest BCUT2D eigenvalue weighted by Crippen LogP contribution is 2.35. The van der Waals surface area contributed by atoms with Crippen molar-refractivity contribution in [3.8, 4) is 0 Å². The van der Waals surface area contributed by atoms with Crippen molar-refractivity contribution in [2.45, 2.75) is 65.4 Å². The normalized spacial score (nSPS) is 17.2. The Hall–Kier alpha value is -2.22. The second-order valence-corrected chi connectivity index (χ2v) is 8.55. The number of carbonyl (C=O) groups is 2. The van der Waals surface area contributed by atoms with Gasteiger partial charge in [-0.15, -0.1) is 11.3 Å². The van der Waals surface area contributed by atoms with Gasteiger partial charge in [0.2, 0.25) is 0 Å². The number of nitrogens with zero attached hydrogens (tertiary/aromatic N) is 1. The van der Waals surface area contributed by atoms with E-state index in [2.05, 4.69) is 22.2 Å². The number of aryl methyl sites for hydroxylation is 2. The quantitative estimate of drug-likeness (QED) is 0.689. The Morgan fingerprint density at radius 2 is 2.21 bits per heavy atom. The van der Waals surface area contributed by atoms with Gasteiger partial charge in [-0.1, -0.05) is 13.8 Å². The molecule has 0 saturated heterocycles. The standard InChI is InChI=1S/C20H27N3O4S/c1-4-9-21-18(25)12(3)27-16(24)8-7-15-22-19(26)17-13-6-5-11(2)10-14(13)28-20(17)23-15/h11-12H,4-10H2,1-3H3,(H,21,25)(H,22,23,26)/t11-,12-/m1/s1. The fraction of sp³-hybridized carbons (Fsp3) is 0.600. The fourth-order valence-corrected chi connectivity index (χ4v) is 4.84. The van der Waals surface area contributed by atoms with Crippen molar-refractivity contribution >= 4 is 33.4 Å². The number of rotatable bonds is 7. The van der Waals surface area contributed by atoms with Crippen LogP contribution in [0.2, 0.25) is 0 Å². The first-order chi connectivity index (χ1) is 13.4. The van der Waals surface area contributed by atoms with Gasteiger partial charge >= 0.3 is 5.97 Å². The summed E-state index contributed by atoms with van der Waals surface area (Å²) in [6.45, 7) is 6.28. The van der Waals surface area contributed by atoms with Crippen LogP contribution in [0.5, 0.6) is 0 Å². The van der Waals surface area contributed by atoms with Gasteiger partial charge in [-0.3, -0.25) is 14.4 Å². The van der Waals surface area contributed by atoms with E-state index in [0.717, 1.165) is 36.1 Å². The van der Waals surface area contributed by atoms with E-state index in [1.54, 1.807) is 18.3 Å². The molecule has 0 bridgehead atoms. The van der Waals surface area contributed by atoms with Crippen LogP contribution in [-0.4, -0.2) is 34.5 Å². The molecule has 1 aliphatic rings. The van der Waals surface area contributed by atoms with Crippen molar-refractivity contribution in [2.75, 3.05) is 6.54 Å². The van der Waals surface area contributed by atoms with Gasteiger partial charge in [0, 0.05) is 17.8 Å². The number of carbonyl (C=O) groups excluding carboxylic acids is 2. The summed E-state index contributed by atoms with van der Waals surface area (Å²) in [6, 6.07) is 0. The highest BCUT2D eigenvalue weighted by atomic mass is 32.1. The third-order valence-electron chi connectivity index (χ3n) is 5.01. The zero-order chi connectivity index (χ0) is 20.3. The van der Waals surface area contributed by atoms with Crippen LogP contribution in [0.4, 0.5) is 0 Å². The van der Waals surface area contributed by atoms with E-state index in [1.807, 2.05) is 6.92 Å². The average Bonchev–Trinajstić information content (AvgIpc) is 3.01. The topological polar surface area (TPSA) is 101 Å². The molecule has 0 saturated carbocycles. The molecule has 1 amide bonds. The van der Waals surface area contributed by atoms with Crippen LogP contribution in [0.25, 0.3) is 10.2 Å². The van der Waals surface area contributed by atoms with E-state index >= 15 is 0 Å². The van der Waals surface area contributed by atoms with Crippen molar-refractivity contribution in [3.63, 3.8) is 0 Å². The molecule has 152 valence electrons. The Morgan fingerprint density at radius 1 is 1.43 bits per heavy atom. The Bertz CT molecular complexity index is 933. The van der Waals surface area contributed by atoms with E-state index < -0.39 is 12.1 Å². The first-order valence-corrected chi connectivity index (χ1v) is 10.7. The minimum atomic E-state index is -0.834. The van der Waals surface area contributed by atoms with Crippen LogP contribution >= 0.6 is 11.3 Å². The Balaban J connectivity index is 1.64. The van der Waals surface area contributed by atoms with Crippen molar-refractivity contribution < 1.29 is 14.3 Å². The highest BCUT2D eigenvalue weighted by molar-refractivity contribution is 7.18. The van der Waals surface area contributed by atoms with Gasteiger partial charge in [0.1, 0.15) is 10.7 Å². The molecular formula is C20H27N3O4S. The second-order valence-electron chi connectivity index (χ2n) is 7.47. The predicted octanol–water partition coefficient (Wildman–Crippen LogP) is 2.50. The van der Waals surface area contributed by atoms with Crippen LogP contribution in [0.15, 0.2) is 4.79 Å². The number of thiophene rings is 1. The molecule has 8 heteroatoms. The van der Waals surface area contributed by atoms with Gasteiger partial charge in [-0.25, -0.2) is 4.98 Å². The predicted molar refractivity (Wildman–Crippen MR) is 109 cm³/mol. The lowest BCUT2D eigenvalue weighted by Crippen LogP contribution is -2.36. The summed E-state index contributed by atoms with van der Waals surface area (Å²) < 4.78 is 5.16. The molecule has 2 aromatic heterocycles. The summed E-state index contributed by atoms with van der Waals surface area (Å²) in [6.07, 6.45) is 3.32. The third kappa shape index (κ3) is 4.60. The Kier molecular flexibility index (Phi) is 6.49. The molecule has 0 fully saturated rings. The molecule has 2 aromatic rings. The lowest BCUT2D eigenvalue weighted by molar-refractivity contribution is -0.154. The zero-order valence-corrected chi connectivity index (χ0v) is 17.4. The van der Waals surface area contributed by atoms with Crippen LogP contribution in [0.3, 0.4) is 0 Å². The number of fused-ring (bicyclic) bond motifs is 3. The number of aromatic nitrogens is 2. The number of amides is 1. The lowest BCUT2D eigenvalue weighted by atomic mass is 9.89. The first kappa shape index (κ1) is 20.5. The molecule has 1 aliphatic carbocycles. The van der Waals surface area contributed by atoms with E-state index in [-0.39, 0.29) is 24.3 Å². The molecule has 0 unspecified atom stereocenters. The lowest BCUT2D eigenvalue weighted by Gasteiger charge is -2.17.